The Balaban J connectivity index is 2.02. The number of rotatable bonds is 3. The zero-order valence-electron chi connectivity index (χ0n) is 12.5. The van der Waals surface area contributed by atoms with E-state index in [-0.39, 0.29) is 5.54 Å². The molecule has 0 radical (unpaired) electrons. The van der Waals surface area contributed by atoms with E-state index in [1.54, 1.807) is 0 Å². The highest BCUT2D eigenvalue weighted by Crippen LogP contribution is 2.27. The highest BCUT2D eigenvalue weighted by Gasteiger charge is 2.17. The molecular formula is C14H25N3OS. The van der Waals surface area contributed by atoms with E-state index in [1.807, 2.05) is 11.3 Å². The van der Waals surface area contributed by atoms with E-state index in [2.05, 4.69) is 37.9 Å². The van der Waals surface area contributed by atoms with Gasteiger partial charge in [-0.1, -0.05) is 0 Å². The summed E-state index contributed by atoms with van der Waals surface area (Å²) in [5.41, 5.74) is 1.30. The molecule has 2 rings (SSSR count). The molecule has 0 bridgehead atoms. The molecule has 0 spiro atoms. The molecule has 2 heterocycles. The Morgan fingerprint density at radius 3 is 2.84 bits per heavy atom. The van der Waals surface area contributed by atoms with Crippen molar-refractivity contribution in [1.82, 2.24) is 10.3 Å². The van der Waals surface area contributed by atoms with Gasteiger partial charge in [0.25, 0.3) is 0 Å². The molecule has 0 aliphatic carbocycles. The van der Waals surface area contributed by atoms with Crippen molar-refractivity contribution in [2.24, 2.45) is 0 Å². The molecule has 1 aliphatic heterocycles. The molecule has 1 saturated heterocycles. The molecule has 0 amide bonds. The Labute approximate surface area is 120 Å². The smallest absolute Gasteiger partial charge is 0.185 e. The lowest BCUT2D eigenvalue weighted by atomic mass is 10.1. The van der Waals surface area contributed by atoms with Gasteiger partial charge in [0, 0.05) is 36.7 Å². The lowest BCUT2D eigenvalue weighted by Crippen LogP contribution is -2.34. The predicted molar refractivity (Wildman–Crippen MR) is 81.1 cm³/mol. The highest BCUT2D eigenvalue weighted by molar-refractivity contribution is 7.15. The van der Waals surface area contributed by atoms with Crippen molar-refractivity contribution in [1.29, 1.82) is 0 Å². The topological polar surface area (TPSA) is 37.4 Å². The number of aromatic nitrogens is 1. The van der Waals surface area contributed by atoms with Crippen LogP contribution in [0.5, 0.6) is 0 Å². The molecule has 0 saturated carbocycles. The molecular weight excluding hydrogens is 258 g/mol. The zero-order chi connectivity index (χ0) is 13.9. The number of aryl methyl sites for hydroxylation is 1. The van der Waals surface area contributed by atoms with Gasteiger partial charge in [0.05, 0.1) is 12.3 Å². The van der Waals surface area contributed by atoms with E-state index < -0.39 is 0 Å². The maximum atomic E-state index is 5.50. The van der Waals surface area contributed by atoms with E-state index in [9.17, 15) is 0 Å². The number of anilines is 1. The molecule has 0 unspecified atom stereocenters. The molecule has 108 valence electrons. The van der Waals surface area contributed by atoms with Crippen molar-refractivity contribution in [2.45, 2.75) is 46.2 Å². The van der Waals surface area contributed by atoms with Crippen LogP contribution in [0, 0.1) is 6.92 Å². The van der Waals surface area contributed by atoms with Crippen molar-refractivity contribution in [3.63, 3.8) is 0 Å². The van der Waals surface area contributed by atoms with E-state index in [4.69, 9.17) is 9.72 Å². The van der Waals surface area contributed by atoms with Crippen LogP contribution in [0.4, 0.5) is 5.13 Å². The van der Waals surface area contributed by atoms with Crippen LogP contribution in [0.15, 0.2) is 0 Å². The molecule has 4 nitrogen and oxygen atoms in total. The molecule has 19 heavy (non-hydrogen) atoms. The average molecular weight is 283 g/mol. The van der Waals surface area contributed by atoms with Crippen LogP contribution in [0.25, 0.3) is 0 Å². The standard InChI is InChI=1S/C14H25N3OS/c1-11-12(10-15-14(2,3)4)19-13(16-11)17-6-5-8-18-9-7-17/h15H,5-10H2,1-4H3. The first kappa shape index (κ1) is 14.8. The van der Waals surface area contributed by atoms with Gasteiger partial charge in [-0.05, 0) is 34.1 Å². The summed E-state index contributed by atoms with van der Waals surface area (Å²) in [6.45, 7) is 13.3. The van der Waals surface area contributed by atoms with Crippen molar-refractivity contribution < 1.29 is 4.74 Å². The predicted octanol–water partition coefficient (Wildman–Crippen LogP) is 2.57. The van der Waals surface area contributed by atoms with Gasteiger partial charge < -0.3 is 15.0 Å². The second kappa shape index (κ2) is 6.20. The lowest BCUT2D eigenvalue weighted by molar-refractivity contribution is 0.152. The summed E-state index contributed by atoms with van der Waals surface area (Å²) >= 11 is 1.81. The summed E-state index contributed by atoms with van der Waals surface area (Å²) < 4.78 is 5.50. The van der Waals surface area contributed by atoms with Gasteiger partial charge in [-0.2, -0.15) is 0 Å². The monoisotopic (exact) mass is 283 g/mol. The number of thiazole rings is 1. The van der Waals surface area contributed by atoms with Crippen LogP contribution in [0.1, 0.15) is 37.8 Å². The summed E-state index contributed by atoms with van der Waals surface area (Å²) in [5.74, 6) is 0. The van der Waals surface area contributed by atoms with Gasteiger partial charge >= 0.3 is 0 Å². The lowest BCUT2D eigenvalue weighted by Gasteiger charge is -2.20. The summed E-state index contributed by atoms with van der Waals surface area (Å²) in [6.07, 6.45) is 1.09. The van der Waals surface area contributed by atoms with Crippen molar-refractivity contribution in [3.8, 4) is 0 Å². The molecule has 0 atom stereocenters. The third-order valence-corrected chi connectivity index (χ3v) is 4.37. The van der Waals surface area contributed by atoms with Crippen LogP contribution in [0.2, 0.25) is 0 Å². The quantitative estimate of drug-likeness (QED) is 0.925. The maximum Gasteiger partial charge on any atom is 0.185 e. The first-order chi connectivity index (χ1) is 8.96. The second-order valence-corrected chi connectivity index (χ2v) is 7.12. The second-order valence-electron chi connectivity index (χ2n) is 6.06. The van der Waals surface area contributed by atoms with Crippen molar-refractivity contribution in [2.75, 3.05) is 31.2 Å². The normalized spacial score (nSPS) is 17.6. The minimum Gasteiger partial charge on any atom is -0.380 e. The first-order valence-corrected chi connectivity index (χ1v) is 7.81. The van der Waals surface area contributed by atoms with E-state index >= 15 is 0 Å². The van der Waals surface area contributed by atoms with Crippen molar-refractivity contribution in [3.05, 3.63) is 10.6 Å². The summed E-state index contributed by atoms with van der Waals surface area (Å²) in [5, 5.41) is 4.68. The largest absolute Gasteiger partial charge is 0.380 e. The van der Waals surface area contributed by atoms with Gasteiger partial charge in [0.15, 0.2) is 5.13 Å². The number of hydrogen-bond acceptors (Lipinski definition) is 5. The minimum atomic E-state index is 0.146. The van der Waals surface area contributed by atoms with E-state index in [0.717, 1.165) is 50.1 Å². The van der Waals surface area contributed by atoms with Crippen LogP contribution >= 0.6 is 11.3 Å². The Hall–Kier alpha value is -0.650. The third kappa shape index (κ3) is 4.44. The fraction of sp³-hybridized carbons (Fsp3) is 0.786. The molecule has 1 N–H and O–H groups in total. The Bertz CT molecular complexity index is 403. The van der Waals surface area contributed by atoms with E-state index in [1.165, 1.54) is 4.88 Å². The van der Waals surface area contributed by atoms with E-state index in [0.29, 0.717) is 0 Å². The van der Waals surface area contributed by atoms with Gasteiger partial charge in [0.1, 0.15) is 0 Å². The molecule has 0 aromatic carbocycles. The molecule has 1 aliphatic rings. The third-order valence-electron chi connectivity index (χ3n) is 3.15. The van der Waals surface area contributed by atoms with Crippen LogP contribution < -0.4 is 10.2 Å². The minimum absolute atomic E-state index is 0.146. The molecule has 5 heteroatoms. The van der Waals surface area contributed by atoms with Gasteiger partial charge in [-0.15, -0.1) is 11.3 Å². The fourth-order valence-electron chi connectivity index (χ4n) is 1.99. The van der Waals surface area contributed by atoms with Gasteiger partial charge in [-0.25, -0.2) is 4.98 Å². The van der Waals surface area contributed by atoms with Crippen LogP contribution in [-0.2, 0) is 11.3 Å². The summed E-state index contributed by atoms with van der Waals surface area (Å²) in [6, 6.07) is 0. The zero-order valence-corrected chi connectivity index (χ0v) is 13.3. The molecule has 1 aromatic heterocycles. The number of ether oxygens (including phenoxy) is 1. The Morgan fingerprint density at radius 1 is 1.32 bits per heavy atom. The molecule has 1 aromatic rings. The van der Waals surface area contributed by atoms with Crippen molar-refractivity contribution >= 4 is 16.5 Å². The Kier molecular flexibility index (Phi) is 4.81. The average Bonchev–Trinajstić information content (AvgIpc) is 2.54. The summed E-state index contributed by atoms with van der Waals surface area (Å²) in [4.78, 5) is 8.42. The van der Waals surface area contributed by atoms with Gasteiger partial charge in [-0.3, -0.25) is 0 Å². The van der Waals surface area contributed by atoms with Crippen LogP contribution in [0.3, 0.4) is 0 Å². The Morgan fingerprint density at radius 2 is 2.11 bits per heavy atom. The number of nitrogens with one attached hydrogen (secondary N) is 1. The fourth-order valence-corrected chi connectivity index (χ4v) is 3.05. The summed E-state index contributed by atoms with van der Waals surface area (Å²) in [7, 11) is 0. The highest BCUT2D eigenvalue weighted by atomic mass is 32.1. The first-order valence-electron chi connectivity index (χ1n) is 7.00. The number of hydrogen-bond donors (Lipinski definition) is 1. The maximum absolute atomic E-state index is 5.50. The SMILES string of the molecule is Cc1nc(N2CCCOCC2)sc1CNC(C)(C)C. The molecule has 1 fully saturated rings. The number of nitrogens with zero attached hydrogens (tertiary/aromatic N) is 2. The van der Waals surface area contributed by atoms with Gasteiger partial charge in [0.2, 0.25) is 0 Å². The van der Waals surface area contributed by atoms with Crippen LogP contribution in [-0.4, -0.2) is 36.8 Å².